The summed E-state index contributed by atoms with van der Waals surface area (Å²) in [6.07, 6.45) is 0. The van der Waals surface area contributed by atoms with Gasteiger partial charge in [-0.05, 0) is 0 Å². The van der Waals surface area contributed by atoms with Gasteiger partial charge in [-0.2, -0.15) is 0 Å². The van der Waals surface area contributed by atoms with Gasteiger partial charge in [0, 0.05) is 0 Å². The number of fused-ring (bicyclic) bond motifs is 9. The third kappa shape index (κ3) is 10.7. The predicted octanol–water partition coefficient (Wildman–Crippen LogP) is 19.9. The van der Waals surface area contributed by atoms with Crippen molar-refractivity contribution in [2.45, 2.75) is 78.6 Å². The molecule has 0 N–H and O–H groups in total. The quantitative estimate of drug-likeness (QED) is 0.134. The molecule has 0 spiro atoms. The van der Waals surface area contributed by atoms with Crippen LogP contribution >= 0.6 is 0 Å². The molecule has 490 valence electrons. The second-order valence-electron chi connectivity index (χ2n) is 29.9. The molecule has 4 heterocycles. The zero-order chi connectivity index (χ0) is 82.4. The zero-order valence-electron chi connectivity index (χ0n) is 73.2. The average Bonchev–Trinajstić information content (AvgIpc) is 0.659. The molecule has 0 saturated heterocycles. The molecular weight excluding hydrogens is 1300 g/mol. The van der Waals surface area contributed by atoms with Crippen molar-refractivity contribution in [1.82, 2.24) is 0 Å². The van der Waals surface area contributed by atoms with E-state index >= 15 is 0 Å². The first-order valence-corrected chi connectivity index (χ1v) is 36.5. The van der Waals surface area contributed by atoms with Crippen molar-refractivity contribution in [2.75, 3.05) is 9.80 Å². The molecule has 0 aliphatic carbocycles. The van der Waals surface area contributed by atoms with Gasteiger partial charge in [-0.15, -0.1) is 0 Å². The number of nitrogens with zero attached hydrogens (tertiary/aromatic N) is 2. The number of hydrogen-bond donors (Lipinski definition) is 0. The number of rotatable bonds is 9. The number of anilines is 6. The van der Waals surface area contributed by atoms with E-state index in [9.17, 15) is 19.2 Å². The summed E-state index contributed by atoms with van der Waals surface area (Å²) in [6.45, 7) is 16.8. The Morgan fingerprint density at radius 1 is 0.314 bits per heavy atom. The van der Waals surface area contributed by atoms with Gasteiger partial charge in [-0.3, -0.25) is 0 Å². The van der Waals surface area contributed by atoms with E-state index in [-0.39, 0.29) is 98.2 Å². The Kier molecular flexibility index (Phi) is 11.7. The Balaban J connectivity index is 1.12. The fourth-order valence-corrected chi connectivity index (χ4v) is 17.7. The molecule has 14 aromatic carbocycles. The van der Waals surface area contributed by atoms with Crippen molar-refractivity contribution < 1.29 is 25.3 Å². The van der Waals surface area contributed by atoms with Crippen LogP contribution in [0, 0.1) is 0 Å². The number of hydrogen-bond acceptors (Lipinski definition) is 3. The van der Waals surface area contributed by atoms with Gasteiger partial charge in [0.1, 0.15) is 0 Å². The second-order valence-corrected chi connectivity index (χ2v) is 32.1. The number of ether oxygens (including phenoxy) is 1. The van der Waals surface area contributed by atoms with E-state index < -0.39 is 98.5 Å². The molecule has 4 aliphatic rings. The normalized spacial score (nSPS) is 15.4. The Bertz CT molecular complexity index is 6370. The van der Waals surface area contributed by atoms with Gasteiger partial charge in [-0.1, -0.05) is 0 Å². The standard InChI is InChI=1S/C96H78B2N2OSe/c1-94(2,3)71-54-74(64-37-23-13-24-38-64)91(75(55-71)65-39-25-14-26-40-65)99-81-53-70(63-35-21-12-22-36-63)45-48-78(81)98-88-82(99)58-73(96(7,8)9)59-83(88)100(92-76(66-41-27-15-28-42-66)56-72(95(4,5)6)57-77(92)67-43-29-16-30-44-67)84-60-86-90-93(89(84)98)102-87-50-47-69(62-33-19-11-20-34-62)52-80(87)97(90)79-51-68(46-49-85(79)101-86)61-31-17-10-18-32-61/h10-60H,1-9H3/i12D,21D,22D,35D,36D,45D,46D,47D,48D,49D,50D,51D,52D,53D,60D. The summed E-state index contributed by atoms with van der Waals surface area (Å²) >= 11 is -1.23. The van der Waals surface area contributed by atoms with Crippen LogP contribution in [0.15, 0.2) is 309 Å². The van der Waals surface area contributed by atoms with Crippen molar-refractivity contribution in [3.05, 3.63) is 326 Å². The summed E-state index contributed by atoms with van der Waals surface area (Å²) in [7, 11) is 0. The maximum absolute atomic E-state index is 11.9. The Hall–Kier alpha value is -10.9. The Morgan fingerprint density at radius 2 is 0.716 bits per heavy atom. The van der Waals surface area contributed by atoms with Crippen LogP contribution in [0.5, 0.6) is 11.5 Å². The fourth-order valence-electron chi connectivity index (χ4n) is 15.1. The van der Waals surface area contributed by atoms with E-state index in [1.807, 2.05) is 126 Å². The average molecular weight is 1390 g/mol. The van der Waals surface area contributed by atoms with Gasteiger partial charge in [0.25, 0.3) is 0 Å². The van der Waals surface area contributed by atoms with E-state index in [1.54, 1.807) is 36.4 Å². The van der Waals surface area contributed by atoms with Gasteiger partial charge < -0.3 is 0 Å². The summed E-state index contributed by atoms with van der Waals surface area (Å²) < 4.78 is 164. The first-order valence-electron chi connectivity index (χ1n) is 42.3. The molecule has 0 atom stereocenters. The first-order chi connectivity index (χ1) is 55.8. The topological polar surface area (TPSA) is 15.7 Å². The van der Waals surface area contributed by atoms with Crippen LogP contribution in [0.1, 0.15) is 99.6 Å². The van der Waals surface area contributed by atoms with Gasteiger partial charge in [0.05, 0.1) is 0 Å². The van der Waals surface area contributed by atoms with Crippen LogP contribution < -0.4 is 56.2 Å². The molecule has 0 fully saturated rings. The van der Waals surface area contributed by atoms with Crippen molar-refractivity contribution in [2.24, 2.45) is 0 Å². The monoisotopic (exact) mass is 1390 g/mol. The van der Waals surface area contributed by atoms with E-state index in [0.717, 1.165) is 50.1 Å². The predicted molar refractivity (Wildman–Crippen MR) is 437 cm³/mol. The zero-order valence-corrected chi connectivity index (χ0v) is 59.9. The molecule has 6 heteroatoms. The summed E-state index contributed by atoms with van der Waals surface area (Å²) in [5, 5.41) is 0. The van der Waals surface area contributed by atoms with Crippen molar-refractivity contribution in [3.63, 3.8) is 0 Å². The van der Waals surface area contributed by atoms with E-state index in [2.05, 4.69) is 128 Å². The first kappa shape index (κ1) is 48.8. The Labute approximate surface area is 629 Å². The summed E-state index contributed by atoms with van der Waals surface area (Å²) in [5.74, 6) is -0.216. The van der Waals surface area contributed by atoms with Crippen molar-refractivity contribution in [3.8, 4) is 89.4 Å². The molecule has 0 bridgehead atoms. The van der Waals surface area contributed by atoms with Crippen LogP contribution in [-0.2, 0) is 16.2 Å². The molecular formula is C96H78B2N2OSe. The molecule has 3 nitrogen and oxygen atoms in total. The molecule has 0 saturated carbocycles. The van der Waals surface area contributed by atoms with E-state index in [0.29, 0.717) is 70.3 Å². The summed E-state index contributed by atoms with van der Waals surface area (Å²) in [5.41, 5.74) is 12.0. The maximum atomic E-state index is 11.9. The summed E-state index contributed by atoms with van der Waals surface area (Å²) in [4.78, 5) is 4.22. The molecule has 0 radical (unpaired) electrons. The molecule has 0 unspecified atom stereocenters. The van der Waals surface area contributed by atoms with E-state index in [1.165, 1.54) is 0 Å². The van der Waals surface area contributed by atoms with Crippen LogP contribution in [0.25, 0.3) is 77.9 Å². The molecule has 18 rings (SSSR count). The van der Waals surface area contributed by atoms with Gasteiger partial charge in [0.2, 0.25) is 0 Å². The van der Waals surface area contributed by atoms with E-state index in [4.69, 9.17) is 6.11 Å². The van der Waals surface area contributed by atoms with Crippen LogP contribution in [-0.4, -0.2) is 28.4 Å². The van der Waals surface area contributed by atoms with Gasteiger partial charge in [-0.25, -0.2) is 0 Å². The molecule has 102 heavy (non-hydrogen) atoms. The molecule has 14 aromatic rings. The van der Waals surface area contributed by atoms with Crippen molar-refractivity contribution >= 4 is 104 Å². The Morgan fingerprint density at radius 3 is 1.18 bits per heavy atom. The molecule has 4 aliphatic heterocycles. The third-order valence-corrected chi connectivity index (χ3v) is 22.8. The van der Waals surface area contributed by atoms with Crippen molar-refractivity contribution in [1.29, 1.82) is 0 Å². The van der Waals surface area contributed by atoms with Crippen LogP contribution in [0.3, 0.4) is 0 Å². The minimum atomic E-state index is -1.32. The SMILES string of the molecule is [2H]c1c([2H])c([2H])c(-c2c([2H])c([2H])c3c(c2[2H])N(c2c(-c4ccccc4)cc(C(C)(C)C)cc2-c2ccccc2)c2cc(C(C)(C)C)cc4c2B3c2c3c5c(c([2H])c2N4c2c(-c4ccccc4)cc(C(C)(C)C)cc2-c2ccccc2)Oc2c([2H])c([2H])c(-c4ccccc4)c([2H])c2B5c2c([2H])c(-c4ccccc4)c([2H])c([2H])c2[Se]3)c([2H])c1[2H]. The van der Waals surface area contributed by atoms with Gasteiger partial charge >= 0.3 is 633 Å². The second kappa shape index (κ2) is 24.4. The van der Waals surface area contributed by atoms with Crippen LogP contribution in [0.4, 0.5) is 34.1 Å². The molecule has 0 aromatic heterocycles. The van der Waals surface area contributed by atoms with Gasteiger partial charge in [0.15, 0.2) is 0 Å². The molecule has 0 amide bonds. The minimum absolute atomic E-state index is 0.0354. The van der Waals surface area contributed by atoms with Crippen LogP contribution in [0.2, 0.25) is 0 Å². The fraction of sp³-hybridized carbons (Fsp3) is 0.125. The number of benzene rings is 14. The third-order valence-electron chi connectivity index (χ3n) is 20.3. The summed E-state index contributed by atoms with van der Waals surface area (Å²) in [6, 6.07) is 64.9.